The van der Waals surface area contributed by atoms with Gasteiger partial charge in [0.25, 0.3) is 0 Å². The highest BCUT2D eigenvalue weighted by atomic mass is 32.2. The SMILES string of the molecule is Cc1ccc(-c2noc(CSc3nc4ccccc4n3C)n2)cc1. The van der Waals surface area contributed by atoms with Crippen LogP contribution in [0.15, 0.2) is 58.2 Å². The molecule has 0 radical (unpaired) electrons. The molecule has 2 aromatic heterocycles. The molecule has 0 bridgehead atoms. The first kappa shape index (κ1) is 15.0. The smallest absolute Gasteiger partial charge is 0.237 e. The van der Waals surface area contributed by atoms with Crippen molar-refractivity contribution in [1.29, 1.82) is 0 Å². The zero-order valence-electron chi connectivity index (χ0n) is 13.4. The van der Waals surface area contributed by atoms with Gasteiger partial charge in [-0.1, -0.05) is 58.9 Å². The van der Waals surface area contributed by atoms with Gasteiger partial charge >= 0.3 is 0 Å². The van der Waals surface area contributed by atoms with Crippen LogP contribution < -0.4 is 0 Å². The summed E-state index contributed by atoms with van der Waals surface area (Å²) >= 11 is 1.59. The Hall–Kier alpha value is -2.60. The molecule has 0 atom stereocenters. The van der Waals surface area contributed by atoms with Crippen molar-refractivity contribution in [1.82, 2.24) is 19.7 Å². The van der Waals surface area contributed by atoms with Crippen LogP contribution in [-0.4, -0.2) is 19.7 Å². The Kier molecular flexibility index (Phi) is 3.82. The van der Waals surface area contributed by atoms with E-state index in [9.17, 15) is 0 Å². The van der Waals surface area contributed by atoms with Crippen LogP contribution in [0.5, 0.6) is 0 Å². The van der Waals surface area contributed by atoms with Crippen LogP contribution in [0.3, 0.4) is 0 Å². The molecular formula is C18H16N4OS. The lowest BCUT2D eigenvalue weighted by atomic mass is 10.1. The van der Waals surface area contributed by atoms with Crippen LogP contribution in [0, 0.1) is 6.92 Å². The van der Waals surface area contributed by atoms with E-state index in [0.717, 1.165) is 21.8 Å². The third-order valence-corrected chi connectivity index (χ3v) is 4.86. The summed E-state index contributed by atoms with van der Waals surface area (Å²) in [6.07, 6.45) is 0. The van der Waals surface area contributed by atoms with Crippen molar-refractivity contribution in [2.45, 2.75) is 17.8 Å². The predicted molar refractivity (Wildman–Crippen MR) is 94.7 cm³/mol. The molecule has 0 unspecified atom stereocenters. The van der Waals surface area contributed by atoms with E-state index in [1.54, 1.807) is 11.8 Å². The van der Waals surface area contributed by atoms with E-state index in [-0.39, 0.29) is 0 Å². The van der Waals surface area contributed by atoms with Gasteiger partial charge in [-0.25, -0.2) is 4.98 Å². The van der Waals surface area contributed by atoms with Crippen molar-refractivity contribution in [3.63, 3.8) is 0 Å². The number of fused-ring (bicyclic) bond motifs is 1. The Morgan fingerprint density at radius 3 is 2.62 bits per heavy atom. The monoisotopic (exact) mass is 336 g/mol. The molecule has 5 nitrogen and oxygen atoms in total. The topological polar surface area (TPSA) is 56.7 Å². The molecule has 2 aromatic carbocycles. The van der Waals surface area contributed by atoms with E-state index in [1.165, 1.54) is 5.56 Å². The maximum Gasteiger partial charge on any atom is 0.237 e. The van der Waals surface area contributed by atoms with E-state index in [0.29, 0.717) is 17.5 Å². The molecule has 0 saturated carbocycles. The second-order valence-corrected chi connectivity index (χ2v) is 6.55. The van der Waals surface area contributed by atoms with Crippen LogP contribution >= 0.6 is 11.8 Å². The van der Waals surface area contributed by atoms with Crippen molar-refractivity contribution in [2.24, 2.45) is 7.05 Å². The number of rotatable bonds is 4. The zero-order chi connectivity index (χ0) is 16.5. The van der Waals surface area contributed by atoms with E-state index in [4.69, 9.17) is 4.52 Å². The van der Waals surface area contributed by atoms with Gasteiger partial charge in [0.2, 0.25) is 11.7 Å². The molecule has 120 valence electrons. The van der Waals surface area contributed by atoms with Crippen molar-refractivity contribution in [3.05, 3.63) is 60.0 Å². The Balaban J connectivity index is 1.51. The Morgan fingerprint density at radius 1 is 1.04 bits per heavy atom. The number of imidazole rings is 1. The van der Waals surface area contributed by atoms with Gasteiger partial charge in [0.15, 0.2) is 5.16 Å². The molecular weight excluding hydrogens is 320 g/mol. The fourth-order valence-electron chi connectivity index (χ4n) is 2.51. The van der Waals surface area contributed by atoms with Crippen molar-refractivity contribution < 1.29 is 4.52 Å². The van der Waals surface area contributed by atoms with Crippen LogP contribution in [0.2, 0.25) is 0 Å². The summed E-state index contributed by atoms with van der Waals surface area (Å²) in [5.41, 5.74) is 4.28. The molecule has 2 heterocycles. The van der Waals surface area contributed by atoms with Gasteiger partial charge in [-0.05, 0) is 19.1 Å². The molecule has 0 fully saturated rings. The number of thioether (sulfide) groups is 1. The average molecular weight is 336 g/mol. The van der Waals surface area contributed by atoms with E-state index in [1.807, 2.05) is 49.5 Å². The Morgan fingerprint density at radius 2 is 1.83 bits per heavy atom. The summed E-state index contributed by atoms with van der Waals surface area (Å²) in [5.74, 6) is 1.81. The van der Waals surface area contributed by atoms with Crippen LogP contribution in [0.1, 0.15) is 11.5 Å². The summed E-state index contributed by atoms with van der Waals surface area (Å²) < 4.78 is 7.45. The number of aromatic nitrogens is 4. The molecule has 0 aliphatic carbocycles. The lowest BCUT2D eigenvalue weighted by Gasteiger charge is -1.99. The van der Waals surface area contributed by atoms with Crippen molar-refractivity contribution in [3.8, 4) is 11.4 Å². The molecule has 0 aliphatic heterocycles. The first-order chi connectivity index (χ1) is 11.7. The third-order valence-electron chi connectivity index (χ3n) is 3.85. The summed E-state index contributed by atoms with van der Waals surface area (Å²) in [4.78, 5) is 9.11. The third kappa shape index (κ3) is 2.80. The summed E-state index contributed by atoms with van der Waals surface area (Å²) in [6.45, 7) is 2.05. The minimum atomic E-state index is 0.593. The van der Waals surface area contributed by atoms with Crippen LogP contribution in [0.4, 0.5) is 0 Å². The summed E-state index contributed by atoms with van der Waals surface area (Å²) in [6, 6.07) is 16.2. The lowest BCUT2D eigenvalue weighted by molar-refractivity contribution is 0.391. The van der Waals surface area contributed by atoms with E-state index >= 15 is 0 Å². The summed E-state index contributed by atoms with van der Waals surface area (Å²) in [5, 5.41) is 5.00. The molecule has 0 saturated heterocycles. The first-order valence-corrected chi connectivity index (χ1v) is 8.63. The molecule has 24 heavy (non-hydrogen) atoms. The molecule has 0 aliphatic rings. The normalized spacial score (nSPS) is 11.2. The molecule has 4 rings (SSSR count). The standard InChI is InChI=1S/C18H16N4OS/c1-12-7-9-13(10-8-12)17-20-16(23-21-17)11-24-18-19-14-5-3-4-6-15(14)22(18)2/h3-10H,11H2,1-2H3. The number of benzene rings is 2. The minimum absolute atomic E-state index is 0.593. The van der Waals surface area contributed by atoms with Crippen molar-refractivity contribution in [2.75, 3.05) is 0 Å². The van der Waals surface area contributed by atoms with E-state index in [2.05, 4.69) is 32.7 Å². The minimum Gasteiger partial charge on any atom is -0.338 e. The number of nitrogens with zero attached hydrogens (tertiary/aromatic N) is 4. The highest BCUT2D eigenvalue weighted by Crippen LogP contribution is 2.26. The fraction of sp³-hybridized carbons (Fsp3) is 0.167. The number of hydrogen-bond donors (Lipinski definition) is 0. The quantitative estimate of drug-likeness (QED) is 0.522. The summed E-state index contributed by atoms with van der Waals surface area (Å²) in [7, 11) is 2.02. The number of para-hydroxylation sites is 2. The van der Waals surface area contributed by atoms with Gasteiger partial charge in [-0.15, -0.1) is 0 Å². The van der Waals surface area contributed by atoms with Crippen molar-refractivity contribution >= 4 is 22.8 Å². The highest BCUT2D eigenvalue weighted by Gasteiger charge is 2.12. The van der Waals surface area contributed by atoms with Crippen LogP contribution in [0.25, 0.3) is 22.4 Å². The largest absolute Gasteiger partial charge is 0.338 e. The van der Waals surface area contributed by atoms with E-state index < -0.39 is 0 Å². The lowest BCUT2D eigenvalue weighted by Crippen LogP contribution is -1.91. The zero-order valence-corrected chi connectivity index (χ0v) is 14.2. The molecule has 0 spiro atoms. The molecule has 0 N–H and O–H groups in total. The van der Waals surface area contributed by atoms with Gasteiger partial charge in [0.05, 0.1) is 16.8 Å². The molecule has 0 amide bonds. The Bertz CT molecular complexity index is 988. The Labute approximate surface area is 143 Å². The average Bonchev–Trinajstić information content (AvgIpc) is 3.19. The molecule has 6 heteroatoms. The molecule has 4 aromatic rings. The number of aryl methyl sites for hydroxylation is 2. The van der Waals surface area contributed by atoms with Gasteiger partial charge in [0, 0.05) is 12.6 Å². The van der Waals surface area contributed by atoms with Gasteiger partial charge in [-0.3, -0.25) is 0 Å². The number of hydrogen-bond acceptors (Lipinski definition) is 5. The first-order valence-electron chi connectivity index (χ1n) is 7.64. The predicted octanol–water partition coefficient (Wildman–Crippen LogP) is 4.22. The maximum atomic E-state index is 5.37. The maximum absolute atomic E-state index is 5.37. The second kappa shape index (κ2) is 6.13. The van der Waals surface area contributed by atoms with Gasteiger partial charge in [0.1, 0.15) is 0 Å². The van der Waals surface area contributed by atoms with Crippen LogP contribution in [-0.2, 0) is 12.8 Å². The second-order valence-electron chi connectivity index (χ2n) is 5.61. The fourth-order valence-corrected chi connectivity index (χ4v) is 3.34. The van der Waals surface area contributed by atoms with Gasteiger partial charge < -0.3 is 9.09 Å². The van der Waals surface area contributed by atoms with Gasteiger partial charge in [-0.2, -0.15) is 4.98 Å². The highest BCUT2D eigenvalue weighted by molar-refractivity contribution is 7.98.